The zero-order chi connectivity index (χ0) is 15.2. The second kappa shape index (κ2) is 7.84. The molecule has 1 saturated carbocycles. The first kappa shape index (κ1) is 16.4. The SMILES string of the molecule is COc1cc(C)ccc1C(C)N[C@@H](C)C1CCCCCC1. The molecule has 1 aliphatic rings. The van der Waals surface area contributed by atoms with E-state index in [4.69, 9.17) is 4.74 Å². The standard InChI is InChI=1S/C19H31NO/c1-14-11-12-18(19(13-14)21-4)16(3)20-15(2)17-9-7-5-6-8-10-17/h11-13,15-17,20H,5-10H2,1-4H3/t15-,16?/m0/s1. The Labute approximate surface area is 130 Å². The van der Waals surface area contributed by atoms with Gasteiger partial charge in [-0.25, -0.2) is 0 Å². The van der Waals surface area contributed by atoms with Crippen LogP contribution in [0.1, 0.15) is 69.5 Å². The van der Waals surface area contributed by atoms with E-state index in [9.17, 15) is 0 Å². The van der Waals surface area contributed by atoms with E-state index in [-0.39, 0.29) is 0 Å². The van der Waals surface area contributed by atoms with Crippen molar-refractivity contribution in [2.75, 3.05) is 7.11 Å². The topological polar surface area (TPSA) is 21.3 Å². The van der Waals surface area contributed by atoms with Crippen molar-refractivity contribution < 1.29 is 4.74 Å². The van der Waals surface area contributed by atoms with Crippen LogP contribution in [0, 0.1) is 12.8 Å². The van der Waals surface area contributed by atoms with Crippen LogP contribution in [0.3, 0.4) is 0 Å². The summed E-state index contributed by atoms with van der Waals surface area (Å²) in [6.45, 7) is 6.71. The van der Waals surface area contributed by atoms with Crippen molar-refractivity contribution in [1.82, 2.24) is 5.32 Å². The first-order valence-electron chi connectivity index (χ1n) is 8.52. The highest BCUT2D eigenvalue weighted by molar-refractivity contribution is 5.39. The summed E-state index contributed by atoms with van der Waals surface area (Å²) in [5, 5.41) is 3.81. The van der Waals surface area contributed by atoms with Crippen LogP contribution in [0.2, 0.25) is 0 Å². The van der Waals surface area contributed by atoms with Gasteiger partial charge < -0.3 is 10.1 Å². The van der Waals surface area contributed by atoms with Gasteiger partial charge in [-0.15, -0.1) is 0 Å². The van der Waals surface area contributed by atoms with Gasteiger partial charge in [-0.1, -0.05) is 37.8 Å². The minimum atomic E-state index is 0.332. The Kier molecular flexibility index (Phi) is 6.10. The highest BCUT2D eigenvalue weighted by atomic mass is 16.5. The number of nitrogens with one attached hydrogen (secondary N) is 1. The Balaban J connectivity index is 2.01. The molecule has 0 saturated heterocycles. The van der Waals surface area contributed by atoms with E-state index in [1.54, 1.807) is 7.11 Å². The molecule has 21 heavy (non-hydrogen) atoms. The summed E-state index contributed by atoms with van der Waals surface area (Å²) in [6.07, 6.45) is 8.41. The fraction of sp³-hybridized carbons (Fsp3) is 0.684. The van der Waals surface area contributed by atoms with Gasteiger partial charge in [0.25, 0.3) is 0 Å². The number of hydrogen-bond donors (Lipinski definition) is 1. The summed E-state index contributed by atoms with van der Waals surface area (Å²) < 4.78 is 5.55. The Bertz CT molecular complexity index is 435. The van der Waals surface area contributed by atoms with Crippen LogP contribution in [0.15, 0.2) is 18.2 Å². The van der Waals surface area contributed by atoms with E-state index in [0.29, 0.717) is 12.1 Å². The van der Waals surface area contributed by atoms with E-state index < -0.39 is 0 Å². The second-order valence-corrected chi connectivity index (χ2v) is 6.67. The molecule has 1 N–H and O–H groups in total. The van der Waals surface area contributed by atoms with Crippen molar-refractivity contribution in [1.29, 1.82) is 0 Å². The van der Waals surface area contributed by atoms with Crippen molar-refractivity contribution in [3.05, 3.63) is 29.3 Å². The zero-order valence-corrected chi connectivity index (χ0v) is 14.1. The smallest absolute Gasteiger partial charge is 0.123 e. The minimum absolute atomic E-state index is 0.332. The van der Waals surface area contributed by atoms with Crippen LogP contribution in [0.25, 0.3) is 0 Å². The van der Waals surface area contributed by atoms with Gasteiger partial charge in [0, 0.05) is 17.6 Å². The van der Waals surface area contributed by atoms with Gasteiger partial charge in [0.05, 0.1) is 7.11 Å². The molecule has 2 rings (SSSR count). The van der Waals surface area contributed by atoms with E-state index in [1.807, 2.05) is 0 Å². The molecule has 1 aromatic rings. The molecule has 0 heterocycles. The van der Waals surface area contributed by atoms with Gasteiger partial charge in [-0.2, -0.15) is 0 Å². The third kappa shape index (κ3) is 4.47. The molecular formula is C19H31NO. The summed E-state index contributed by atoms with van der Waals surface area (Å²) in [7, 11) is 1.76. The molecule has 1 fully saturated rings. The van der Waals surface area contributed by atoms with Crippen LogP contribution in [-0.2, 0) is 0 Å². The predicted molar refractivity (Wildman–Crippen MR) is 89.9 cm³/mol. The normalized spacial score (nSPS) is 19.8. The largest absolute Gasteiger partial charge is 0.496 e. The average molecular weight is 289 g/mol. The predicted octanol–water partition coefficient (Wildman–Crippen LogP) is 5.01. The van der Waals surface area contributed by atoms with Gasteiger partial charge in [-0.05, 0) is 51.2 Å². The molecule has 2 nitrogen and oxygen atoms in total. The van der Waals surface area contributed by atoms with Crippen molar-refractivity contribution in [3.63, 3.8) is 0 Å². The second-order valence-electron chi connectivity index (χ2n) is 6.67. The fourth-order valence-electron chi connectivity index (χ4n) is 3.61. The number of rotatable bonds is 5. The van der Waals surface area contributed by atoms with Crippen LogP contribution >= 0.6 is 0 Å². The third-order valence-electron chi connectivity index (χ3n) is 4.98. The number of benzene rings is 1. The number of ether oxygens (including phenoxy) is 1. The van der Waals surface area contributed by atoms with Gasteiger partial charge in [0.15, 0.2) is 0 Å². The van der Waals surface area contributed by atoms with E-state index in [1.165, 1.54) is 49.7 Å². The number of methoxy groups -OCH3 is 1. The Morgan fingerprint density at radius 3 is 2.38 bits per heavy atom. The molecule has 0 spiro atoms. The molecule has 118 valence electrons. The van der Waals surface area contributed by atoms with Gasteiger partial charge in [-0.3, -0.25) is 0 Å². The maximum Gasteiger partial charge on any atom is 0.123 e. The lowest BCUT2D eigenvalue weighted by molar-refractivity contribution is 0.312. The van der Waals surface area contributed by atoms with Gasteiger partial charge in [0.2, 0.25) is 0 Å². The van der Waals surface area contributed by atoms with Crippen LogP contribution < -0.4 is 10.1 Å². The minimum Gasteiger partial charge on any atom is -0.496 e. The van der Waals surface area contributed by atoms with E-state index in [0.717, 1.165) is 11.7 Å². The van der Waals surface area contributed by atoms with Gasteiger partial charge >= 0.3 is 0 Å². The molecule has 0 bridgehead atoms. The first-order valence-corrected chi connectivity index (χ1v) is 8.52. The molecule has 1 unspecified atom stereocenters. The molecule has 2 heteroatoms. The molecule has 1 aromatic carbocycles. The molecule has 2 atom stereocenters. The molecule has 0 aliphatic heterocycles. The van der Waals surface area contributed by atoms with Crippen molar-refractivity contribution in [2.24, 2.45) is 5.92 Å². The average Bonchev–Trinajstić information content (AvgIpc) is 2.75. The van der Waals surface area contributed by atoms with Crippen LogP contribution in [0.5, 0.6) is 5.75 Å². The number of aryl methyl sites for hydroxylation is 1. The quantitative estimate of drug-likeness (QED) is 0.769. The Morgan fingerprint density at radius 2 is 1.76 bits per heavy atom. The molecular weight excluding hydrogens is 258 g/mol. The summed E-state index contributed by atoms with van der Waals surface area (Å²) in [5.74, 6) is 1.83. The summed E-state index contributed by atoms with van der Waals surface area (Å²) in [5.41, 5.74) is 2.52. The summed E-state index contributed by atoms with van der Waals surface area (Å²) in [6, 6.07) is 7.41. The lowest BCUT2D eigenvalue weighted by atomic mass is 9.92. The molecule has 0 amide bonds. The third-order valence-corrected chi connectivity index (χ3v) is 4.98. The van der Waals surface area contributed by atoms with Crippen molar-refractivity contribution in [3.8, 4) is 5.75 Å². The lowest BCUT2D eigenvalue weighted by Crippen LogP contribution is -2.35. The monoisotopic (exact) mass is 289 g/mol. The molecule has 1 aliphatic carbocycles. The Hall–Kier alpha value is -1.02. The lowest BCUT2D eigenvalue weighted by Gasteiger charge is -2.28. The molecule has 0 radical (unpaired) electrons. The highest BCUT2D eigenvalue weighted by Crippen LogP contribution is 2.29. The highest BCUT2D eigenvalue weighted by Gasteiger charge is 2.21. The Morgan fingerprint density at radius 1 is 1.10 bits per heavy atom. The van der Waals surface area contributed by atoms with Crippen molar-refractivity contribution >= 4 is 0 Å². The first-order chi connectivity index (χ1) is 10.1. The van der Waals surface area contributed by atoms with E-state index in [2.05, 4.69) is 44.3 Å². The summed E-state index contributed by atoms with van der Waals surface area (Å²) >= 11 is 0. The summed E-state index contributed by atoms with van der Waals surface area (Å²) in [4.78, 5) is 0. The fourth-order valence-corrected chi connectivity index (χ4v) is 3.61. The molecule has 0 aromatic heterocycles. The van der Waals surface area contributed by atoms with Crippen LogP contribution in [0.4, 0.5) is 0 Å². The van der Waals surface area contributed by atoms with Crippen molar-refractivity contribution in [2.45, 2.75) is 71.4 Å². The maximum absolute atomic E-state index is 5.55. The zero-order valence-electron chi connectivity index (χ0n) is 14.1. The van der Waals surface area contributed by atoms with Gasteiger partial charge in [0.1, 0.15) is 5.75 Å². The number of hydrogen-bond acceptors (Lipinski definition) is 2. The maximum atomic E-state index is 5.55. The van der Waals surface area contributed by atoms with Crippen LogP contribution in [-0.4, -0.2) is 13.2 Å². The van der Waals surface area contributed by atoms with E-state index >= 15 is 0 Å².